The summed E-state index contributed by atoms with van der Waals surface area (Å²) in [5, 5.41) is 12.8. The van der Waals surface area contributed by atoms with Crippen molar-refractivity contribution < 1.29 is 36.6 Å². The van der Waals surface area contributed by atoms with Gasteiger partial charge < -0.3 is 19.7 Å². The number of nitrogens with one attached hydrogen (secondary N) is 1. The molecular weight excluding hydrogens is 555 g/mol. The third-order valence-electron chi connectivity index (χ3n) is 6.31. The number of rotatable bonds is 6. The van der Waals surface area contributed by atoms with E-state index in [-0.39, 0.29) is 32.0 Å². The summed E-state index contributed by atoms with van der Waals surface area (Å²) in [7, 11) is 1.46. The van der Waals surface area contributed by atoms with E-state index in [2.05, 4.69) is 0 Å². The number of halogens is 5. The van der Waals surface area contributed by atoms with E-state index in [0.717, 1.165) is 37.3 Å². The van der Waals surface area contributed by atoms with Gasteiger partial charge in [-0.05, 0) is 63.6 Å². The molecule has 2 aromatic heterocycles. The Morgan fingerprint density at radius 3 is 2.23 bits per heavy atom. The Hall–Kier alpha value is -3.77. The Kier molecular flexibility index (Phi) is 7.31. The van der Waals surface area contributed by atoms with Gasteiger partial charge in [0.2, 0.25) is 0 Å². The molecule has 212 valence electrons. The van der Waals surface area contributed by atoms with Crippen LogP contribution in [-0.4, -0.2) is 27.3 Å². The molecule has 0 aliphatic carbocycles. The summed E-state index contributed by atoms with van der Waals surface area (Å²) in [4.78, 5) is 25.7. The van der Waals surface area contributed by atoms with Gasteiger partial charge in [0.05, 0.1) is 10.5 Å². The largest absolute Gasteiger partial charge is 0.454 e. The van der Waals surface area contributed by atoms with Crippen molar-refractivity contribution in [1.29, 1.82) is 0 Å². The molecule has 6 nitrogen and oxygen atoms in total. The minimum absolute atomic E-state index is 0.0777. The number of benzene rings is 2. The molecule has 0 bridgehead atoms. The summed E-state index contributed by atoms with van der Waals surface area (Å²) < 4.78 is 75.1. The fourth-order valence-corrected chi connectivity index (χ4v) is 4.91. The lowest BCUT2D eigenvalue weighted by Crippen LogP contribution is -2.54. The first-order chi connectivity index (χ1) is 18.4. The lowest BCUT2D eigenvalue weighted by molar-refractivity contribution is -0.182. The second kappa shape index (κ2) is 10.0. The summed E-state index contributed by atoms with van der Waals surface area (Å²) in [6.07, 6.45) is -3.28. The molecule has 4 rings (SSSR count). The summed E-state index contributed by atoms with van der Waals surface area (Å²) in [5.74, 6) is -3.01. The first kappa shape index (κ1) is 29.2. The van der Waals surface area contributed by atoms with Crippen molar-refractivity contribution >= 4 is 27.3 Å². The van der Waals surface area contributed by atoms with Crippen LogP contribution in [0.4, 0.5) is 22.0 Å². The highest BCUT2D eigenvalue weighted by Gasteiger charge is 2.48. The quantitative estimate of drug-likeness (QED) is 0.251. The van der Waals surface area contributed by atoms with E-state index in [0.29, 0.717) is 17.2 Å². The number of carbonyl (C=O) groups is 1. The van der Waals surface area contributed by atoms with Crippen molar-refractivity contribution in [2.24, 2.45) is 7.05 Å². The van der Waals surface area contributed by atoms with E-state index in [1.807, 2.05) is 5.32 Å². The van der Waals surface area contributed by atoms with Gasteiger partial charge in [-0.1, -0.05) is 6.07 Å². The third kappa shape index (κ3) is 5.59. The van der Waals surface area contributed by atoms with E-state index in [1.54, 1.807) is 12.1 Å². The monoisotopic (exact) mass is 580 g/mol. The summed E-state index contributed by atoms with van der Waals surface area (Å²) in [6.45, 7) is 4.72. The number of nitrogens with zero attached hydrogens (tertiary/aromatic N) is 1. The van der Waals surface area contributed by atoms with E-state index in [1.165, 1.54) is 43.8 Å². The number of thiophene rings is 1. The zero-order valence-corrected chi connectivity index (χ0v) is 22.9. The summed E-state index contributed by atoms with van der Waals surface area (Å²) in [5.41, 5.74) is -3.32. The Labute approximate surface area is 229 Å². The average molecular weight is 581 g/mol. The first-order valence-corrected chi connectivity index (χ1v) is 12.7. The number of hydrogen-bond donors (Lipinski definition) is 2. The lowest BCUT2D eigenvalue weighted by Gasteiger charge is -2.28. The van der Waals surface area contributed by atoms with Crippen molar-refractivity contribution in [3.8, 4) is 22.6 Å². The Morgan fingerprint density at radius 1 is 0.975 bits per heavy atom. The minimum atomic E-state index is -4.72. The number of amides is 1. The number of alkyl halides is 3. The normalized spacial score (nSPS) is 12.6. The Bertz CT molecular complexity index is 1680. The average Bonchev–Trinajstić information content (AvgIpc) is 3.28. The van der Waals surface area contributed by atoms with Crippen LogP contribution < -0.4 is 15.6 Å². The van der Waals surface area contributed by atoms with Crippen LogP contribution >= 0.6 is 11.3 Å². The SMILES string of the molecule is Cn1cc(-c2cc(C(C)(C)O)ccc2Oc2ccc(F)cc2F)c2cc(C(=O)NC(C)(C)C(F)(F)F)sc2c1=O. The van der Waals surface area contributed by atoms with Gasteiger partial charge in [-0.25, -0.2) is 8.78 Å². The molecule has 2 N–H and O–H groups in total. The van der Waals surface area contributed by atoms with Gasteiger partial charge in [0, 0.05) is 35.8 Å². The van der Waals surface area contributed by atoms with Gasteiger partial charge in [0.1, 0.15) is 21.8 Å². The van der Waals surface area contributed by atoms with E-state index >= 15 is 0 Å². The van der Waals surface area contributed by atoms with Gasteiger partial charge in [0.25, 0.3) is 11.5 Å². The molecular formula is C28H25F5N2O4S. The number of pyridine rings is 1. The standard InChI is InChI=1S/C28H25F5N2O4S/c1-26(2,38)14-6-8-20(39-21-9-7-15(29)11-19(21)30)16(10-14)18-13-35(5)25(37)23-17(18)12-22(40-23)24(36)34-27(3,4)28(31,32)33/h6-13,38H,1-5H3,(H,34,36). The van der Waals surface area contributed by atoms with Crippen LogP contribution in [0.25, 0.3) is 21.2 Å². The lowest BCUT2D eigenvalue weighted by atomic mass is 9.93. The van der Waals surface area contributed by atoms with E-state index in [9.17, 15) is 36.6 Å². The molecule has 0 aliphatic heterocycles. The van der Waals surface area contributed by atoms with Gasteiger partial charge in [-0.15, -0.1) is 11.3 Å². The van der Waals surface area contributed by atoms with Crippen molar-refractivity contribution in [3.05, 3.63) is 81.1 Å². The predicted molar refractivity (Wildman–Crippen MR) is 142 cm³/mol. The topological polar surface area (TPSA) is 80.6 Å². The number of aromatic nitrogens is 1. The second-order valence-corrected chi connectivity index (χ2v) is 11.4. The van der Waals surface area contributed by atoms with Crippen LogP contribution in [0.15, 0.2) is 53.5 Å². The second-order valence-electron chi connectivity index (χ2n) is 10.3. The van der Waals surface area contributed by atoms with E-state index < -0.39 is 40.4 Å². The molecule has 2 heterocycles. The predicted octanol–water partition coefficient (Wildman–Crippen LogP) is 6.64. The molecule has 0 unspecified atom stereocenters. The van der Waals surface area contributed by atoms with Crippen molar-refractivity contribution in [1.82, 2.24) is 9.88 Å². The number of ether oxygens (including phenoxy) is 1. The maximum atomic E-state index is 14.4. The summed E-state index contributed by atoms with van der Waals surface area (Å²) in [6, 6.07) is 8.64. The molecule has 1 amide bonds. The molecule has 0 fully saturated rings. The maximum Gasteiger partial charge on any atom is 0.410 e. The molecule has 2 aromatic carbocycles. The van der Waals surface area contributed by atoms with Gasteiger partial charge in [0.15, 0.2) is 11.6 Å². The van der Waals surface area contributed by atoms with Gasteiger partial charge >= 0.3 is 6.18 Å². The van der Waals surface area contributed by atoms with Crippen LogP contribution in [-0.2, 0) is 12.6 Å². The van der Waals surface area contributed by atoms with Crippen molar-refractivity contribution in [2.45, 2.75) is 45.0 Å². The zero-order valence-electron chi connectivity index (χ0n) is 22.0. The van der Waals surface area contributed by atoms with Crippen LogP contribution in [0.3, 0.4) is 0 Å². The molecule has 0 atom stereocenters. The van der Waals surface area contributed by atoms with Crippen LogP contribution in [0.2, 0.25) is 0 Å². The van der Waals surface area contributed by atoms with Crippen LogP contribution in [0, 0.1) is 11.6 Å². The number of aryl methyl sites for hydroxylation is 1. The third-order valence-corrected chi connectivity index (χ3v) is 7.43. The molecule has 12 heteroatoms. The molecule has 0 radical (unpaired) electrons. The molecule has 4 aromatic rings. The van der Waals surface area contributed by atoms with Crippen molar-refractivity contribution in [3.63, 3.8) is 0 Å². The Balaban J connectivity index is 1.92. The number of aliphatic hydroxyl groups is 1. The Morgan fingerprint density at radius 2 is 1.62 bits per heavy atom. The van der Waals surface area contributed by atoms with Crippen molar-refractivity contribution in [2.75, 3.05) is 0 Å². The molecule has 0 saturated heterocycles. The zero-order chi connectivity index (χ0) is 29.8. The number of fused-ring (bicyclic) bond motifs is 1. The van der Waals surface area contributed by atoms with E-state index in [4.69, 9.17) is 4.74 Å². The maximum absolute atomic E-state index is 14.4. The smallest absolute Gasteiger partial charge is 0.410 e. The fraction of sp³-hybridized carbons (Fsp3) is 0.286. The highest BCUT2D eigenvalue weighted by molar-refractivity contribution is 7.20. The highest BCUT2D eigenvalue weighted by Crippen LogP contribution is 2.41. The molecule has 0 saturated carbocycles. The minimum Gasteiger partial charge on any atom is -0.454 e. The first-order valence-electron chi connectivity index (χ1n) is 11.9. The van der Waals surface area contributed by atoms with Gasteiger partial charge in [-0.2, -0.15) is 13.2 Å². The number of hydrogen-bond acceptors (Lipinski definition) is 5. The molecule has 0 aliphatic rings. The fourth-order valence-electron chi connectivity index (χ4n) is 3.86. The molecule has 40 heavy (non-hydrogen) atoms. The van der Waals surface area contributed by atoms with Gasteiger partial charge in [-0.3, -0.25) is 9.59 Å². The summed E-state index contributed by atoms with van der Waals surface area (Å²) >= 11 is 0.725. The molecule has 0 spiro atoms. The highest BCUT2D eigenvalue weighted by atomic mass is 32.1. The number of carbonyl (C=O) groups excluding carboxylic acids is 1. The van der Waals surface area contributed by atoms with Crippen LogP contribution in [0.5, 0.6) is 11.5 Å². The van der Waals surface area contributed by atoms with Crippen LogP contribution in [0.1, 0.15) is 42.9 Å².